The van der Waals surface area contributed by atoms with Crippen molar-refractivity contribution in [1.29, 1.82) is 0 Å². The van der Waals surface area contributed by atoms with Crippen LogP contribution in [0.4, 0.5) is 17.1 Å². The van der Waals surface area contributed by atoms with Crippen molar-refractivity contribution in [2.45, 2.75) is 6.42 Å². The van der Waals surface area contributed by atoms with Gasteiger partial charge in [-0.25, -0.2) is 4.79 Å². The first-order valence-electron chi connectivity index (χ1n) is 9.20. The molecule has 3 N–H and O–H groups in total. The predicted octanol–water partition coefficient (Wildman–Crippen LogP) is 4.04. The molecule has 1 amide bonds. The number of thiocarbonyl (C=S) groups is 1. The number of carbonyl (C=O) groups excluding carboxylic acids is 2. The minimum absolute atomic E-state index is 0.0932. The Morgan fingerprint density at radius 3 is 2.23 bits per heavy atom. The Bertz CT molecular complexity index is 1050. The summed E-state index contributed by atoms with van der Waals surface area (Å²) in [5, 5.41) is 3.60. The van der Waals surface area contributed by atoms with E-state index in [2.05, 4.69) is 5.32 Å². The third-order valence-corrected chi connectivity index (χ3v) is 4.66. The van der Waals surface area contributed by atoms with Crippen molar-refractivity contribution in [2.75, 3.05) is 17.3 Å². The van der Waals surface area contributed by atoms with Gasteiger partial charge in [0, 0.05) is 11.4 Å². The number of ether oxygens (including phenoxy) is 1. The van der Waals surface area contributed by atoms with Crippen LogP contribution >= 0.6 is 12.2 Å². The Morgan fingerprint density at radius 1 is 0.967 bits per heavy atom. The van der Waals surface area contributed by atoms with Crippen LogP contribution in [-0.4, -0.2) is 24.1 Å². The molecule has 3 aromatic carbocycles. The molecule has 7 heteroatoms. The number of primary amides is 1. The minimum atomic E-state index is -0.423. The van der Waals surface area contributed by atoms with Gasteiger partial charge >= 0.3 is 5.97 Å². The van der Waals surface area contributed by atoms with Gasteiger partial charge in [-0.15, -0.1) is 0 Å². The number of benzene rings is 3. The van der Waals surface area contributed by atoms with E-state index in [1.807, 2.05) is 59.5 Å². The van der Waals surface area contributed by atoms with Gasteiger partial charge in [0.25, 0.3) is 0 Å². The SMILES string of the molecule is COC(=O)c1ccc(NC(=S)N(c2ccccc2)c2ccccc2CC(N)=O)cc1. The Balaban J connectivity index is 1.95. The predicted molar refractivity (Wildman–Crippen MR) is 122 cm³/mol. The Labute approximate surface area is 180 Å². The minimum Gasteiger partial charge on any atom is -0.465 e. The van der Waals surface area contributed by atoms with E-state index in [1.165, 1.54) is 7.11 Å². The summed E-state index contributed by atoms with van der Waals surface area (Å²) in [6.45, 7) is 0. The maximum absolute atomic E-state index is 11.6. The number of hydrogen-bond acceptors (Lipinski definition) is 4. The molecule has 0 aliphatic rings. The highest BCUT2D eigenvalue weighted by Gasteiger charge is 2.19. The highest BCUT2D eigenvalue weighted by atomic mass is 32.1. The van der Waals surface area contributed by atoms with E-state index in [9.17, 15) is 9.59 Å². The number of para-hydroxylation sites is 2. The molecule has 0 unspecified atom stereocenters. The van der Waals surface area contributed by atoms with Crippen LogP contribution in [-0.2, 0) is 16.0 Å². The van der Waals surface area contributed by atoms with E-state index >= 15 is 0 Å². The first-order chi connectivity index (χ1) is 14.5. The van der Waals surface area contributed by atoms with Crippen molar-refractivity contribution >= 4 is 46.3 Å². The molecule has 30 heavy (non-hydrogen) atoms. The average Bonchev–Trinajstić information content (AvgIpc) is 2.75. The molecule has 6 nitrogen and oxygen atoms in total. The Hall–Kier alpha value is -3.71. The zero-order valence-corrected chi connectivity index (χ0v) is 17.2. The molecule has 0 aromatic heterocycles. The highest BCUT2D eigenvalue weighted by Crippen LogP contribution is 2.30. The molecule has 0 heterocycles. The number of nitrogens with one attached hydrogen (secondary N) is 1. The summed E-state index contributed by atoms with van der Waals surface area (Å²) in [6, 6.07) is 23.9. The van der Waals surface area contributed by atoms with E-state index in [0.717, 1.165) is 16.9 Å². The molecule has 0 saturated heterocycles. The molecule has 152 valence electrons. The fraction of sp³-hybridized carbons (Fsp3) is 0.0870. The van der Waals surface area contributed by atoms with Crippen LogP contribution in [0.2, 0.25) is 0 Å². The monoisotopic (exact) mass is 419 g/mol. The topological polar surface area (TPSA) is 84.7 Å². The molecule has 0 saturated carbocycles. The summed E-state index contributed by atoms with van der Waals surface area (Å²) in [6.07, 6.45) is 0.0932. The maximum Gasteiger partial charge on any atom is 0.337 e. The molecular weight excluding hydrogens is 398 g/mol. The van der Waals surface area contributed by atoms with Crippen LogP contribution in [0, 0.1) is 0 Å². The number of esters is 1. The summed E-state index contributed by atoms with van der Waals surface area (Å²) in [5.74, 6) is -0.830. The van der Waals surface area contributed by atoms with Gasteiger partial charge < -0.3 is 15.8 Å². The third-order valence-electron chi connectivity index (χ3n) is 4.37. The van der Waals surface area contributed by atoms with Gasteiger partial charge in [0.2, 0.25) is 5.91 Å². The summed E-state index contributed by atoms with van der Waals surface area (Å²) < 4.78 is 4.72. The highest BCUT2D eigenvalue weighted by molar-refractivity contribution is 7.80. The lowest BCUT2D eigenvalue weighted by Gasteiger charge is -2.28. The van der Waals surface area contributed by atoms with E-state index in [0.29, 0.717) is 16.4 Å². The molecule has 0 spiro atoms. The molecule has 0 atom stereocenters. The van der Waals surface area contributed by atoms with Crippen molar-refractivity contribution in [2.24, 2.45) is 5.73 Å². The zero-order chi connectivity index (χ0) is 21.5. The number of hydrogen-bond donors (Lipinski definition) is 2. The van der Waals surface area contributed by atoms with Crippen molar-refractivity contribution in [3.63, 3.8) is 0 Å². The number of anilines is 3. The fourth-order valence-electron chi connectivity index (χ4n) is 3.00. The fourth-order valence-corrected chi connectivity index (χ4v) is 3.32. The standard InChI is InChI=1S/C23H21N3O3S/c1-29-22(28)16-11-13-18(14-12-16)25-23(30)26(19-8-3-2-4-9-19)20-10-6-5-7-17(20)15-21(24)27/h2-14H,15H2,1H3,(H2,24,27)(H,25,30). The second-order valence-electron chi connectivity index (χ2n) is 6.44. The van der Waals surface area contributed by atoms with Crippen molar-refractivity contribution in [3.05, 3.63) is 90.0 Å². The molecule has 0 bridgehead atoms. The molecule has 0 radical (unpaired) electrons. The molecule has 3 aromatic rings. The Morgan fingerprint density at radius 2 is 1.60 bits per heavy atom. The van der Waals surface area contributed by atoms with Crippen molar-refractivity contribution in [1.82, 2.24) is 0 Å². The number of rotatable bonds is 6. The maximum atomic E-state index is 11.6. The molecule has 3 rings (SSSR count). The first kappa shape index (κ1) is 21.0. The van der Waals surface area contributed by atoms with Gasteiger partial charge in [-0.2, -0.15) is 0 Å². The average molecular weight is 420 g/mol. The van der Waals surface area contributed by atoms with Crippen LogP contribution in [0.1, 0.15) is 15.9 Å². The lowest BCUT2D eigenvalue weighted by atomic mass is 10.1. The van der Waals surface area contributed by atoms with E-state index in [1.54, 1.807) is 24.3 Å². The third kappa shape index (κ3) is 5.01. The van der Waals surface area contributed by atoms with E-state index < -0.39 is 11.9 Å². The first-order valence-corrected chi connectivity index (χ1v) is 9.61. The summed E-state index contributed by atoms with van der Waals surface area (Å²) in [7, 11) is 1.34. The zero-order valence-electron chi connectivity index (χ0n) is 16.4. The second kappa shape index (κ2) is 9.67. The van der Waals surface area contributed by atoms with Crippen molar-refractivity contribution < 1.29 is 14.3 Å². The lowest BCUT2D eigenvalue weighted by molar-refractivity contribution is -0.117. The molecule has 0 aliphatic heterocycles. The quantitative estimate of drug-likeness (QED) is 0.463. The number of nitrogens with zero attached hydrogens (tertiary/aromatic N) is 1. The van der Waals surface area contributed by atoms with Crippen LogP contribution in [0.15, 0.2) is 78.9 Å². The number of amides is 1. The summed E-state index contributed by atoms with van der Waals surface area (Å²) >= 11 is 5.71. The molecular formula is C23H21N3O3S. The lowest BCUT2D eigenvalue weighted by Crippen LogP contribution is -2.31. The van der Waals surface area contributed by atoms with E-state index in [-0.39, 0.29) is 6.42 Å². The second-order valence-corrected chi connectivity index (χ2v) is 6.83. The van der Waals surface area contributed by atoms with Gasteiger partial charge in [-0.05, 0) is 60.2 Å². The molecule has 0 fully saturated rings. The van der Waals surface area contributed by atoms with Gasteiger partial charge in [0.15, 0.2) is 5.11 Å². The van der Waals surface area contributed by atoms with Crippen LogP contribution < -0.4 is 16.0 Å². The number of methoxy groups -OCH3 is 1. The number of nitrogens with two attached hydrogens (primary N) is 1. The smallest absolute Gasteiger partial charge is 0.337 e. The van der Waals surface area contributed by atoms with Crippen LogP contribution in [0.25, 0.3) is 0 Å². The normalized spacial score (nSPS) is 10.2. The van der Waals surface area contributed by atoms with Gasteiger partial charge in [0.1, 0.15) is 0 Å². The van der Waals surface area contributed by atoms with Gasteiger partial charge in [-0.1, -0.05) is 36.4 Å². The number of carbonyl (C=O) groups is 2. The van der Waals surface area contributed by atoms with Crippen molar-refractivity contribution in [3.8, 4) is 0 Å². The van der Waals surface area contributed by atoms with Crippen LogP contribution in [0.5, 0.6) is 0 Å². The van der Waals surface area contributed by atoms with E-state index in [4.69, 9.17) is 22.7 Å². The molecule has 0 aliphatic carbocycles. The summed E-state index contributed by atoms with van der Waals surface area (Å²) in [5.41, 5.74) is 8.94. The van der Waals surface area contributed by atoms with Gasteiger partial charge in [0.05, 0.1) is 24.8 Å². The summed E-state index contributed by atoms with van der Waals surface area (Å²) in [4.78, 5) is 25.1. The Kier molecular flexibility index (Phi) is 6.77. The van der Waals surface area contributed by atoms with Gasteiger partial charge in [-0.3, -0.25) is 9.69 Å². The largest absolute Gasteiger partial charge is 0.465 e. The van der Waals surface area contributed by atoms with Crippen LogP contribution in [0.3, 0.4) is 0 Å².